The summed E-state index contributed by atoms with van der Waals surface area (Å²) >= 11 is 6.29. The van der Waals surface area contributed by atoms with Crippen LogP contribution in [0.5, 0.6) is 0 Å². The summed E-state index contributed by atoms with van der Waals surface area (Å²) in [6, 6.07) is 2.11. The van der Waals surface area contributed by atoms with Crippen molar-refractivity contribution in [3.8, 4) is 0 Å². The quantitative estimate of drug-likeness (QED) is 0.573. The second-order valence-corrected chi connectivity index (χ2v) is 7.20. The van der Waals surface area contributed by atoms with E-state index in [9.17, 15) is 22.7 Å². The van der Waals surface area contributed by atoms with Gasteiger partial charge in [0.15, 0.2) is 0 Å². The fourth-order valence-electron chi connectivity index (χ4n) is 1.58. The van der Waals surface area contributed by atoms with E-state index < -0.39 is 27.5 Å². The molecule has 1 aromatic rings. The minimum atomic E-state index is -4.62. The van der Waals surface area contributed by atoms with Crippen molar-refractivity contribution in [1.82, 2.24) is 0 Å². The van der Waals surface area contributed by atoms with E-state index in [2.05, 4.69) is 31.9 Å². The summed E-state index contributed by atoms with van der Waals surface area (Å²) in [6.07, 6.45) is -4.62. The minimum Gasteiger partial charge on any atom is -0.383 e. The molecule has 0 spiro atoms. The van der Waals surface area contributed by atoms with E-state index in [-0.39, 0.29) is 10.9 Å². The molecule has 1 atom stereocenters. The third-order valence-corrected chi connectivity index (χ3v) is 4.39. The van der Waals surface area contributed by atoms with Crippen molar-refractivity contribution in [3.63, 3.8) is 0 Å². The normalized spacial score (nSPS) is 16.3. The Morgan fingerprint density at radius 2 is 1.74 bits per heavy atom. The number of rotatable bonds is 3. The molecule has 1 nitrogen and oxygen atoms in total. The van der Waals surface area contributed by atoms with E-state index in [1.807, 2.05) is 0 Å². The molecule has 108 valence electrons. The third kappa shape index (κ3) is 3.31. The van der Waals surface area contributed by atoms with Gasteiger partial charge in [0.25, 0.3) is 0 Å². The third-order valence-electron chi connectivity index (χ3n) is 2.92. The maximum atomic E-state index is 13.9. The number of aliphatic hydroxyl groups is 1. The van der Waals surface area contributed by atoms with Crippen LogP contribution in [0.25, 0.3) is 0 Å². The van der Waals surface area contributed by atoms with Crippen molar-refractivity contribution in [2.45, 2.75) is 29.9 Å². The van der Waals surface area contributed by atoms with Crippen molar-refractivity contribution in [2.75, 3.05) is 5.33 Å². The van der Waals surface area contributed by atoms with Gasteiger partial charge < -0.3 is 5.11 Å². The van der Waals surface area contributed by atoms with E-state index in [0.29, 0.717) is 6.07 Å². The molecule has 0 aliphatic heterocycles. The van der Waals surface area contributed by atoms with Gasteiger partial charge in [-0.3, -0.25) is 0 Å². The first kappa shape index (κ1) is 16.9. The van der Waals surface area contributed by atoms with Gasteiger partial charge in [-0.1, -0.05) is 37.9 Å². The first-order chi connectivity index (χ1) is 8.43. The predicted octanol–water partition coefficient (Wildman–Crippen LogP) is 4.60. The summed E-state index contributed by atoms with van der Waals surface area (Å²) in [5.41, 5.74) is -2.96. The lowest BCUT2D eigenvalue weighted by molar-refractivity contribution is -0.137. The lowest BCUT2D eigenvalue weighted by atomic mass is 9.84. The molecule has 0 aliphatic rings. The van der Waals surface area contributed by atoms with E-state index in [1.54, 1.807) is 13.8 Å². The van der Waals surface area contributed by atoms with Gasteiger partial charge in [0.1, 0.15) is 11.4 Å². The molecule has 1 aromatic carbocycles. The monoisotopic (exact) mass is 406 g/mol. The Hall–Kier alpha value is -0.140. The fourth-order valence-corrected chi connectivity index (χ4v) is 3.31. The molecular formula is C12H12Br2F4O. The summed E-state index contributed by atoms with van der Waals surface area (Å²) in [5.74, 6) is -1.09. The number of halogens is 6. The summed E-state index contributed by atoms with van der Waals surface area (Å²) in [7, 11) is 0. The van der Waals surface area contributed by atoms with Gasteiger partial charge in [0.05, 0.1) is 9.89 Å². The first-order valence-electron chi connectivity index (χ1n) is 5.28. The van der Waals surface area contributed by atoms with Crippen LogP contribution in [0.3, 0.4) is 0 Å². The maximum absolute atomic E-state index is 13.9. The first-order valence-corrected chi connectivity index (χ1v) is 7.19. The average Bonchev–Trinajstić information content (AvgIpc) is 2.25. The average molecular weight is 408 g/mol. The van der Waals surface area contributed by atoms with Gasteiger partial charge in [-0.25, -0.2) is 4.39 Å². The highest BCUT2D eigenvalue weighted by Gasteiger charge is 2.45. The Bertz CT molecular complexity index is 468. The largest absolute Gasteiger partial charge is 0.416 e. The van der Waals surface area contributed by atoms with Crippen LogP contribution in [0.1, 0.15) is 25.0 Å². The molecule has 0 aromatic heterocycles. The Labute approximate surface area is 125 Å². The zero-order valence-electron chi connectivity index (χ0n) is 10.2. The van der Waals surface area contributed by atoms with Crippen LogP contribution >= 0.6 is 31.9 Å². The van der Waals surface area contributed by atoms with Crippen LogP contribution in [-0.4, -0.2) is 14.8 Å². The molecule has 0 radical (unpaired) electrons. The second-order valence-electron chi connectivity index (χ2n) is 4.66. The molecule has 0 heterocycles. The molecule has 1 N–H and O–H groups in total. The lowest BCUT2D eigenvalue weighted by Gasteiger charge is -2.38. The summed E-state index contributed by atoms with van der Waals surface area (Å²) in [4.78, 5) is 0. The molecular weight excluding hydrogens is 396 g/mol. The SMILES string of the molecule is CC(C)(Br)C(O)(CBr)c1ccc(C(F)(F)F)cc1F. The van der Waals surface area contributed by atoms with Gasteiger partial charge in [-0.2, -0.15) is 13.2 Å². The molecule has 0 amide bonds. The smallest absolute Gasteiger partial charge is 0.383 e. The van der Waals surface area contributed by atoms with Gasteiger partial charge in [0, 0.05) is 10.9 Å². The van der Waals surface area contributed by atoms with Crippen LogP contribution < -0.4 is 0 Å². The molecule has 7 heteroatoms. The Morgan fingerprint density at radius 1 is 1.21 bits per heavy atom. The molecule has 1 rings (SSSR count). The zero-order valence-corrected chi connectivity index (χ0v) is 13.3. The van der Waals surface area contributed by atoms with Crippen LogP contribution in [-0.2, 0) is 11.8 Å². The Morgan fingerprint density at radius 3 is 2.05 bits per heavy atom. The highest BCUT2D eigenvalue weighted by Crippen LogP contribution is 2.42. The van der Waals surface area contributed by atoms with Crippen molar-refractivity contribution in [1.29, 1.82) is 0 Å². The van der Waals surface area contributed by atoms with Crippen molar-refractivity contribution in [2.24, 2.45) is 0 Å². The molecule has 0 aliphatic carbocycles. The van der Waals surface area contributed by atoms with Gasteiger partial charge in [0.2, 0.25) is 0 Å². The molecule has 19 heavy (non-hydrogen) atoms. The topological polar surface area (TPSA) is 20.2 Å². The number of hydrogen-bond donors (Lipinski definition) is 1. The van der Waals surface area contributed by atoms with Crippen molar-refractivity contribution >= 4 is 31.9 Å². The van der Waals surface area contributed by atoms with Gasteiger partial charge >= 0.3 is 6.18 Å². The van der Waals surface area contributed by atoms with E-state index in [1.165, 1.54) is 0 Å². The van der Waals surface area contributed by atoms with Crippen LogP contribution in [0.4, 0.5) is 17.6 Å². The Balaban J connectivity index is 3.37. The molecule has 0 bridgehead atoms. The summed E-state index contributed by atoms with van der Waals surface area (Å²) < 4.78 is 50.4. The van der Waals surface area contributed by atoms with E-state index >= 15 is 0 Å². The minimum absolute atomic E-state index is 0.0272. The van der Waals surface area contributed by atoms with E-state index in [0.717, 1.165) is 12.1 Å². The predicted molar refractivity (Wildman–Crippen MR) is 72.1 cm³/mol. The molecule has 0 saturated heterocycles. The lowest BCUT2D eigenvalue weighted by Crippen LogP contribution is -2.45. The van der Waals surface area contributed by atoms with Crippen molar-refractivity contribution < 1.29 is 22.7 Å². The van der Waals surface area contributed by atoms with Crippen LogP contribution in [0.2, 0.25) is 0 Å². The van der Waals surface area contributed by atoms with Crippen molar-refractivity contribution in [3.05, 3.63) is 35.1 Å². The number of alkyl halides is 5. The second kappa shape index (κ2) is 5.33. The maximum Gasteiger partial charge on any atom is 0.416 e. The standard InChI is InChI=1S/C12H12Br2F4O/c1-10(2,14)11(19,6-13)8-4-3-7(5-9(8)15)12(16,17)18/h3-5,19H,6H2,1-2H3. The molecule has 0 fully saturated rings. The van der Waals surface area contributed by atoms with Crippen LogP contribution in [0.15, 0.2) is 18.2 Å². The number of hydrogen-bond acceptors (Lipinski definition) is 1. The van der Waals surface area contributed by atoms with Gasteiger partial charge in [-0.05, 0) is 26.0 Å². The molecule has 1 unspecified atom stereocenters. The fraction of sp³-hybridized carbons (Fsp3) is 0.500. The summed E-state index contributed by atoms with van der Waals surface area (Å²) in [6.45, 7) is 3.21. The zero-order chi connectivity index (χ0) is 15.1. The molecule has 0 saturated carbocycles. The van der Waals surface area contributed by atoms with Gasteiger partial charge in [-0.15, -0.1) is 0 Å². The van der Waals surface area contributed by atoms with E-state index in [4.69, 9.17) is 0 Å². The number of benzene rings is 1. The highest BCUT2D eigenvalue weighted by molar-refractivity contribution is 9.10. The Kier molecular flexibility index (Phi) is 4.75. The van der Waals surface area contributed by atoms with Crippen LogP contribution in [0, 0.1) is 5.82 Å². The summed E-state index contributed by atoms with van der Waals surface area (Å²) in [5, 5.41) is 10.5. The highest BCUT2D eigenvalue weighted by atomic mass is 79.9.